The van der Waals surface area contributed by atoms with Crippen LogP contribution in [0.5, 0.6) is 11.8 Å². The number of rotatable bonds is 20. The van der Waals surface area contributed by atoms with Gasteiger partial charge in [-0.25, -0.2) is 4.68 Å². The number of carbonyl (C=O) groups excluding carboxylic acids is 4. The summed E-state index contributed by atoms with van der Waals surface area (Å²) in [6.45, 7) is 20.3. The fourth-order valence-corrected chi connectivity index (χ4v) is 14.7. The Balaban J connectivity index is 0.571. The molecule has 2 atom stereocenters. The monoisotopic (exact) mass is 1290 g/mol. The van der Waals surface area contributed by atoms with Gasteiger partial charge in [0.25, 0.3) is 5.91 Å². The summed E-state index contributed by atoms with van der Waals surface area (Å²) in [5.41, 5.74) is 7.89. The van der Waals surface area contributed by atoms with Crippen LogP contribution < -0.4 is 30.3 Å². The summed E-state index contributed by atoms with van der Waals surface area (Å²) in [6, 6.07) is 26.0. The van der Waals surface area contributed by atoms with Crippen molar-refractivity contribution in [2.24, 2.45) is 23.0 Å². The standard InChI is InChI=1S/C69H80ClF3N14O6/c1-4-60(89)86-34-33-85(41-50(86)18-23-74)66-53-22-28-83(57-11-6-9-47-8-5-10-54(70)62(47)57)42-56(53)77-67(78-66)93-44-46-21-27-84(40-46)61(90)43-81-25-19-45(20-26-81)39-82-31-29-80(30-32-82)24-7-35-92-51-15-12-48(13-16-51)76-55-36-49(14-17-52(55)65(75)91)87-58-37-68(2,3)38-59(88)63(58)64(79-87)69(71,72)73/h4-6,8-17,36,45-46,50,76H,1,7,18-22,24-35,37-44H2,2-3H3,(H2,75,91)/t46-,50+/m1/s1. The highest BCUT2D eigenvalue weighted by Crippen LogP contribution is 2.43. The lowest BCUT2D eigenvalue weighted by Crippen LogP contribution is -2.55. The largest absolute Gasteiger partial charge is 0.494 e. The van der Waals surface area contributed by atoms with E-state index in [9.17, 15) is 37.6 Å². The number of anilines is 4. The number of benzene rings is 4. The van der Waals surface area contributed by atoms with E-state index in [-0.39, 0.29) is 71.7 Å². The summed E-state index contributed by atoms with van der Waals surface area (Å²) in [5, 5.41) is 19.6. The van der Waals surface area contributed by atoms with Crippen LogP contribution in [0.4, 0.5) is 36.1 Å². The van der Waals surface area contributed by atoms with Gasteiger partial charge in [-0.2, -0.15) is 33.5 Å². The van der Waals surface area contributed by atoms with Crippen molar-refractivity contribution in [3.63, 3.8) is 0 Å². The smallest absolute Gasteiger partial charge is 0.435 e. The lowest BCUT2D eigenvalue weighted by atomic mass is 9.75. The molecule has 5 aliphatic heterocycles. The Morgan fingerprint density at radius 2 is 1.61 bits per heavy atom. The van der Waals surface area contributed by atoms with Crippen LogP contribution in [0.3, 0.4) is 0 Å². The summed E-state index contributed by atoms with van der Waals surface area (Å²) in [6.07, 6.45) is 1.30. The summed E-state index contributed by atoms with van der Waals surface area (Å²) < 4.78 is 56.3. The van der Waals surface area contributed by atoms with Gasteiger partial charge < -0.3 is 49.9 Å². The first-order valence-corrected chi connectivity index (χ1v) is 32.8. The van der Waals surface area contributed by atoms with Crippen LogP contribution in [0.15, 0.2) is 91.5 Å². The lowest BCUT2D eigenvalue weighted by Gasteiger charge is -2.42. The molecular formula is C69H80ClF3N14O6. The van der Waals surface area contributed by atoms with Gasteiger partial charge in [0, 0.05) is 113 Å². The molecule has 12 rings (SSSR count). The molecule has 4 aromatic carbocycles. The number of amides is 3. The van der Waals surface area contributed by atoms with E-state index in [4.69, 9.17) is 36.8 Å². The van der Waals surface area contributed by atoms with E-state index in [1.165, 1.54) is 24.3 Å². The van der Waals surface area contributed by atoms with Crippen LogP contribution in [-0.4, -0.2) is 185 Å². The molecule has 0 saturated carbocycles. The van der Waals surface area contributed by atoms with Gasteiger partial charge in [0.05, 0.1) is 83.7 Å². The molecule has 7 heterocycles. The number of nitrogens with one attached hydrogen (secondary N) is 1. The highest BCUT2D eigenvalue weighted by atomic mass is 35.5. The van der Waals surface area contributed by atoms with Crippen molar-refractivity contribution in [2.45, 2.75) is 84.0 Å². The number of hydrogen-bond acceptors (Lipinski definition) is 16. The number of piperidine rings is 1. The van der Waals surface area contributed by atoms with E-state index < -0.39 is 34.5 Å². The summed E-state index contributed by atoms with van der Waals surface area (Å²) >= 11 is 6.82. The Morgan fingerprint density at radius 1 is 0.860 bits per heavy atom. The second-order valence-electron chi connectivity index (χ2n) is 26.4. The lowest BCUT2D eigenvalue weighted by molar-refractivity contribution is -0.141. The van der Waals surface area contributed by atoms with Crippen LogP contribution in [0.1, 0.15) is 95.7 Å². The minimum Gasteiger partial charge on any atom is -0.494 e. The Bertz CT molecular complexity index is 3820. The number of hydrogen-bond donors (Lipinski definition) is 2. The fraction of sp³-hybridized carbons (Fsp3) is 0.478. The third-order valence-corrected chi connectivity index (χ3v) is 19.6. The number of Topliss-reactive ketones (excluding diaryl/α,β-unsaturated/α-hetero) is 1. The molecule has 6 aromatic rings. The van der Waals surface area contributed by atoms with Crippen molar-refractivity contribution in [3.05, 3.63) is 130 Å². The molecule has 2 aromatic heterocycles. The summed E-state index contributed by atoms with van der Waals surface area (Å²) in [7, 11) is 0. The fourth-order valence-electron chi connectivity index (χ4n) is 14.4. The molecule has 0 spiro atoms. The molecule has 93 heavy (non-hydrogen) atoms. The first kappa shape index (κ1) is 64.8. The molecular weight excluding hydrogens is 1210 g/mol. The maximum atomic E-state index is 14.2. The number of aromatic nitrogens is 4. The molecule has 6 aliphatic rings. The molecule has 4 fully saturated rings. The molecule has 0 radical (unpaired) electrons. The number of halogens is 4. The van der Waals surface area contributed by atoms with Gasteiger partial charge in [-0.1, -0.05) is 56.3 Å². The number of piperazine rings is 2. The van der Waals surface area contributed by atoms with Crippen LogP contribution >= 0.6 is 11.6 Å². The Kier molecular flexibility index (Phi) is 19.3. The predicted molar refractivity (Wildman–Crippen MR) is 349 cm³/mol. The van der Waals surface area contributed by atoms with Crippen LogP contribution in [0.25, 0.3) is 16.5 Å². The maximum Gasteiger partial charge on any atom is 0.435 e. The average Bonchev–Trinajstić information content (AvgIpc) is 1.79. The van der Waals surface area contributed by atoms with Crippen molar-refractivity contribution in [1.29, 1.82) is 5.26 Å². The van der Waals surface area contributed by atoms with Gasteiger partial charge >= 0.3 is 12.2 Å². The van der Waals surface area contributed by atoms with Gasteiger partial charge in [0.1, 0.15) is 11.6 Å². The number of likely N-dealkylation sites (tertiary alicyclic amines) is 2. The zero-order valence-corrected chi connectivity index (χ0v) is 53.6. The Hall–Kier alpha value is -8.30. The molecule has 1 aliphatic carbocycles. The molecule has 24 heteroatoms. The van der Waals surface area contributed by atoms with E-state index in [1.807, 2.05) is 43.0 Å². The molecule has 0 bridgehead atoms. The third-order valence-electron chi connectivity index (χ3n) is 19.2. The van der Waals surface area contributed by atoms with E-state index in [1.54, 1.807) is 17.0 Å². The number of ether oxygens (including phenoxy) is 2. The highest BCUT2D eigenvalue weighted by Gasteiger charge is 2.46. The van der Waals surface area contributed by atoms with Crippen molar-refractivity contribution in [2.75, 3.05) is 127 Å². The van der Waals surface area contributed by atoms with E-state index >= 15 is 0 Å². The first-order valence-electron chi connectivity index (χ1n) is 32.4. The number of nitrogens with two attached hydrogens (primary N) is 1. The van der Waals surface area contributed by atoms with Crippen LogP contribution in [0, 0.1) is 28.6 Å². The Labute approximate surface area is 545 Å². The normalized spacial score (nSPS) is 19.9. The number of alkyl halides is 3. The number of ketones is 1. The average molecular weight is 1290 g/mol. The third kappa shape index (κ3) is 14.7. The summed E-state index contributed by atoms with van der Waals surface area (Å²) in [4.78, 5) is 77.9. The molecule has 20 nitrogen and oxygen atoms in total. The van der Waals surface area contributed by atoms with Crippen molar-refractivity contribution in [3.8, 4) is 23.5 Å². The topological polar surface area (TPSA) is 215 Å². The predicted octanol–water partition coefficient (Wildman–Crippen LogP) is 9.19. The van der Waals surface area contributed by atoms with Crippen molar-refractivity contribution >= 4 is 68.8 Å². The van der Waals surface area contributed by atoms with Gasteiger partial charge in [0.15, 0.2) is 11.5 Å². The molecule has 4 saturated heterocycles. The van der Waals surface area contributed by atoms with Gasteiger partial charge in [0.2, 0.25) is 11.8 Å². The quantitative estimate of drug-likeness (QED) is 0.0538. The second-order valence-corrected chi connectivity index (χ2v) is 26.8. The zero-order chi connectivity index (χ0) is 65.1. The number of nitriles is 1. The summed E-state index contributed by atoms with van der Waals surface area (Å²) in [5.74, 6) is 0.777. The number of fused-ring (bicyclic) bond motifs is 3. The number of primary amides is 1. The SMILES string of the molecule is C=CC(=O)N1CCN(c2nc(OC[C@@H]3CCN(C(=O)CN4CCC(CN5CCN(CCCOc6ccc(Nc7cc(-n8nc(C(F)(F)F)c9c8CC(C)(C)CC9=O)ccc7C(N)=O)cc6)CC5)CC4)C3)nc3c2CCN(c2cccc4cccc(Cl)c24)C3)C[C@@H]1CC#N. The van der Waals surface area contributed by atoms with E-state index in [0.29, 0.717) is 87.8 Å². The van der Waals surface area contributed by atoms with Crippen molar-refractivity contribution < 1.29 is 41.8 Å². The minimum absolute atomic E-state index is 0.0252. The minimum atomic E-state index is -4.83. The number of nitrogens with zero attached hydrogens (tertiary/aromatic N) is 12. The van der Waals surface area contributed by atoms with E-state index in [0.717, 1.165) is 123 Å². The second kappa shape index (κ2) is 27.7. The van der Waals surface area contributed by atoms with Gasteiger partial charge in [-0.15, -0.1) is 0 Å². The molecule has 3 N–H and O–H groups in total. The first-order chi connectivity index (χ1) is 44.8. The Morgan fingerprint density at radius 3 is 2.35 bits per heavy atom. The van der Waals surface area contributed by atoms with E-state index in [2.05, 4.69) is 71.8 Å². The van der Waals surface area contributed by atoms with Crippen LogP contribution in [0.2, 0.25) is 5.02 Å². The maximum absolute atomic E-state index is 14.2. The number of carbonyl (C=O) groups is 4. The molecule has 490 valence electrons. The molecule has 0 unspecified atom stereocenters. The zero-order valence-electron chi connectivity index (χ0n) is 52.8. The molecule has 3 amide bonds. The highest BCUT2D eigenvalue weighted by molar-refractivity contribution is 6.36. The van der Waals surface area contributed by atoms with Crippen molar-refractivity contribution in [1.82, 2.24) is 44.2 Å². The van der Waals surface area contributed by atoms with Gasteiger partial charge in [-0.05, 0) is 129 Å². The van der Waals surface area contributed by atoms with Crippen LogP contribution in [-0.2, 0) is 35.2 Å². The van der Waals surface area contributed by atoms with Gasteiger partial charge in [-0.3, -0.25) is 24.1 Å².